The van der Waals surface area contributed by atoms with E-state index in [9.17, 15) is 4.79 Å². The highest BCUT2D eigenvalue weighted by molar-refractivity contribution is 5.69. The zero-order valence-electron chi connectivity index (χ0n) is 26.3. The lowest BCUT2D eigenvalue weighted by molar-refractivity contribution is -0.140. The van der Waals surface area contributed by atoms with Gasteiger partial charge in [-0.15, -0.1) is 0 Å². The summed E-state index contributed by atoms with van der Waals surface area (Å²) in [4.78, 5) is 11.5. The average Bonchev–Trinajstić information content (AvgIpc) is 3.20. The molecule has 0 spiro atoms. The molecule has 5 atom stereocenters. The molecule has 0 amide bonds. The second kappa shape index (κ2) is 14.0. The average molecular weight is 523 g/mol. The fourth-order valence-corrected chi connectivity index (χ4v) is 6.58. The van der Waals surface area contributed by atoms with Crippen molar-refractivity contribution < 1.29 is 9.53 Å². The van der Waals surface area contributed by atoms with Gasteiger partial charge in [-0.3, -0.25) is 4.79 Å². The van der Waals surface area contributed by atoms with Crippen LogP contribution in [-0.2, 0) is 16.0 Å². The van der Waals surface area contributed by atoms with Gasteiger partial charge in [0.05, 0.1) is 7.11 Å². The second-order valence-electron chi connectivity index (χ2n) is 15.0. The van der Waals surface area contributed by atoms with E-state index in [0.29, 0.717) is 36.0 Å². The fourth-order valence-electron chi connectivity index (χ4n) is 6.58. The van der Waals surface area contributed by atoms with E-state index in [1.807, 2.05) is 0 Å². The van der Waals surface area contributed by atoms with Crippen LogP contribution in [-0.4, -0.2) is 13.1 Å². The van der Waals surface area contributed by atoms with E-state index < -0.39 is 0 Å². The van der Waals surface area contributed by atoms with E-state index in [4.69, 9.17) is 4.74 Å². The van der Waals surface area contributed by atoms with Gasteiger partial charge < -0.3 is 4.74 Å². The molecule has 214 valence electrons. The second-order valence-corrected chi connectivity index (χ2v) is 15.0. The first kappa shape index (κ1) is 32.4. The van der Waals surface area contributed by atoms with E-state index in [1.165, 1.54) is 25.5 Å². The van der Waals surface area contributed by atoms with Crippen molar-refractivity contribution in [2.75, 3.05) is 7.11 Å². The van der Waals surface area contributed by atoms with Crippen LogP contribution in [0.5, 0.6) is 0 Å². The van der Waals surface area contributed by atoms with Crippen molar-refractivity contribution in [2.24, 2.45) is 45.8 Å². The summed E-state index contributed by atoms with van der Waals surface area (Å²) in [6.45, 7) is 21.8. The molecule has 0 unspecified atom stereocenters. The van der Waals surface area contributed by atoms with Gasteiger partial charge in [-0.05, 0) is 89.9 Å². The summed E-state index contributed by atoms with van der Waals surface area (Å²) in [6.07, 6.45) is 17.0. The van der Waals surface area contributed by atoms with Gasteiger partial charge in [0.1, 0.15) is 0 Å². The SMILES string of the molecule is COC(=O)CCC/C=C/C[C@@H]1[C@@H](/C=C/[C@H](CCc2ccccc2)C(C)(C)C)[C@H](C(C)(C)C)C[C@@H]1C(C)(C)C. The Morgan fingerprint density at radius 2 is 1.58 bits per heavy atom. The van der Waals surface area contributed by atoms with Crippen LogP contribution in [0.25, 0.3) is 0 Å². The molecule has 38 heavy (non-hydrogen) atoms. The highest BCUT2D eigenvalue weighted by Gasteiger charge is 2.49. The highest BCUT2D eigenvalue weighted by atomic mass is 16.5. The minimum Gasteiger partial charge on any atom is -0.469 e. The maximum Gasteiger partial charge on any atom is 0.305 e. The van der Waals surface area contributed by atoms with E-state index in [1.54, 1.807) is 0 Å². The van der Waals surface area contributed by atoms with Gasteiger partial charge in [-0.25, -0.2) is 0 Å². The Balaban J connectivity index is 2.27. The van der Waals surface area contributed by atoms with Gasteiger partial charge >= 0.3 is 5.97 Å². The molecule has 0 aliphatic heterocycles. The number of hydrogen-bond donors (Lipinski definition) is 0. The van der Waals surface area contributed by atoms with Crippen LogP contribution in [0.4, 0.5) is 0 Å². The smallest absolute Gasteiger partial charge is 0.305 e. The Morgan fingerprint density at radius 3 is 2.13 bits per heavy atom. The first-order valence-electron chi connectivity index (χ1n) is 15.1. The third kappa shape index (κ3) is 10.0. The van der Waals surface area contributed by atoms with Gasteiger partial charge in [0.25, 0.3) is 0 Å². The molecule has 1 aliphatic carbocycles. The van der Waals surface area contributed by atoms with Gasteiger partial charge in [-0.2, -0.15) is 0 Å². The van der Waals surface area contributed by atoms with E-state index >= 15 is 0 Å². The maximum absolute atomic E-state index is 11.5. The lowest BCUT2D eigenvalue weighted by atomic mass is 9.70. The number of aryl methyl sites for hydroxylation is 1. The molecule has 2 rings (SSSR count). The standard InChI is InChI=1S/C36H58O2/c1-34(2,3)28(23-22-27-18-14-13-15-19-27)24-25-30-29(20-16-11-12-17-21-33(37)38-10)31(35(4,5)6)26-32(30)36(7,8)9/h11,13-16,18-19,24-25,28-32H,12,17,20-23,26H2,1-10H3/b16-11+,25-24+/t28-,29+,30+,31-,32+/m0/s1. The predicted molar refractivity (Wildman–Crippen MR) is 164 cm³/mol. The molecule has 0 bridgehead atoms. The Hall–Kier alpha value is -1.83. The van der Waals surface area contributed by atoms with Gasteiger partial charge in [0.2, 0.25) is 0 Å². The van der Waals surface area contributed by atoms with E-state index in [-0.39, 0.29) is 22.2 Å². The van der Waals surface area contributed by atoms with Crippen LogP contribution in [0.15, 0.2) is 54.6 Å². The Bertz CT molecular complexity index is 888. The minimum absolute atomic E-state index is 0.110. The van der Waals surface area contributed by atoms with Gasteiger partial charge in [-0.1, -0.05) is 117 Å². The van der Waals surface area contributed by atoms with Crippen molar-refractivity contribution in [3.05, 3.63) is 60.2 Å². The number of benzene rings is 1. The Kier molecular flexibility index (Phi) is 11.9. The molecule has 1 aromatic carbocycles. The number of hydrogen-bond acceptors (Lipinski definition) is 2. The number of carbonyl (C=O) groups is 1. The highest BCUT2D eigenvalue weighted by Crippen LogP contribution is 2.56. The van der Waals surface area contributed by atoms with Crippen molar-refractivity contribution in [2.45, 2.75) is 107 Å². The van der Waals surface area contributed by atoms with Gasteiger partial charge in [0.15, 0.2) is 0 Å². The number of ether oxygens (including phenoxy) is 1. The number of esters is 1. The van der Waals surface area contributed by atoms with Crippen molar-refractivity contribution in [3.8, 4) is 0 Å². The molecule has 2 heteroatoms. The molecule has 0 heterocycles. The zero-order chi connectivity index (χ0) is 28.6. The third-order valence-electron chi connectivity index (χ3n) is 9.03. The molecule has 1 fully saturated rings. The molecule has 0 radical (unpaired) electrons. The van der Waals surface area contributed by atoms with Crippen molar-refractivity contribution in [1.29, 1.82) is 0 Å². The number of allylic oxidation sites excluding steroid dienone is 4. The van der Waals surface area contributed by atoms with Crippen molar-refractivity contribution in [1.82, 2.24) is 0 Å². The lowest BCUT2D eigenvalue weighted by Crippen LogP contribution is -2.27. The third-order valence-corrected chi connectivity index (χ3v) is 9.03. The summed E-state index contributed by atoms with van der Waals surface area (Å²) in [5, 5.41) is 0. The molecule has 0 N–H and O–H groups in total. The molecule has 0 aromatic heterocycles. The summed E-state index contributed by atoms with van der Waals surface area (Å²) < 4.78 is 4.79. The summed E-state index contributed by atoms with van der Waals surface area (Å²) in [5.41, 5.74) is 2.23. The monoisotopic (exact) mass is 522 g/mol. The number of rotatable bonds is 11. The molecular weight excluding hydrogens is 464 g/mol. The molecular formula is C36H58O2. The van der Waals surface area contributed by atoms with Crippen LogP contribution in [0.1, 0.15) is 106 Å². The van der Waals surface area contributed by atoms with Crippen LogP contribution >= 0.6 is 0 Å². The first-order chi connectivity index (χ1) is 17.6. The fraction of sp³-hybridized carbons (Fsp3) is 0.694. The van der Waals surface area contributed by atoms with Crippen LogP contribution < -0.4 is 0 Å². The topological polar surface area (TPSA) is 26.3 Å². The lowest BCUT2D eigenvalue weighted by Gasteiger charge is -2.35. The summed E-state index contributed by atoms with van der Waals surface area (Å²) in [7, 11) is 1.47. The number of unbranched alkanes of at least 4 members (excludes halogenated alkanes) is 1. The predicted octanol–water partition coefficient (Wildman–Crippen LogP) is 10.1. The van der Waals surface area contributed by atoms with Crippen molar-refractivity contribution in [3.63, 3.8) is 0 Å². The molecule has 1 aromatic rings. The van der Waals surface area contributed by atoms with Crippen molar-refractivity contribution >= 4 is 5.97 Å². The minimum atomic E-state index is -0.110. The maximum atomic E-state index is 11.5. The Labute approximate surface area is 235 Å². The quantitative estimate of drug-likeness (QED) is 0.164. The van der Waals surface area contributed by atoms with Crippen LogP contribution in [0.2, 0.25) is 0 Å². The summed E-state index contributed by atoms with van der Waals surface area (Å²) in [6, 6.07) is 10.9. The molecule has 2 nitrogen and oxygen atoms in total. The Morgan fingerprint density at radius 1 is 0.947 bits per heavy atom. The molecule has 1 aliphatic rings. The molecule has 1 saturated carbocycles. The molecule has 0 saturated heterocycles. The summed E-state index contributed by atoms with van der Waals surface area (Å²) in [5.74, 6) is 3.03. The van der Waals surface area contributed by atoms with Gasteiger partial charge in [0, 0.05) is 6.42 Å². The van der Waals surface area contributed by atoms with Crippen LogP contribution in [0.3, 0.4) is 0 Å². The van der Waals surface area contributed by atoms with E-state index in [0.717, 1.165) is 25.7 Å². The number of carbonyl (C=O) groups excluding carboxylic acids is 1. The normalized spacial score (nSPS) is 23.8. The first-order valence-corrected chi connectivity index (χ1v) is 15.1. The zero-order valence-corrected chi connectivity index (χ0v) is 26.3. The largest absolute Gasteiger partial charge is 0.469 e. The van der Waals surface area contributed by atoms with E-state index in [2.05, 4.69) is 117 Å². The number of methoxy groups -OCH3 is 1. The van der Waals surface area contributed by atoms with Crippen LogP contribution in [0, 0.1) is 45.8 Å². The summed E-state index contributed by atoms with van der Waals surface area (Å²) >= 11 is 0.